The SMILES string of the molecule is CCC1(CNC2CCCC(C)CC2)CCCC1. The summed E-state index contributed by atoms with van der Waals surface area (Å²) in [6, 6.07) is 0.823. The predicted molar refractivity (Wildman–Crippen MR) is 75.2 cm³/mol. The van der Waals surface area contributed by atoms with Gasteiger partial charge in [-0.1, -0.05) is 39.5 Å². The molecule has 2 rings (SSSR count). The molecule has 0 radical (unpaired) electrons. The number of rotatable bonds is 4. The summed E-state index contributed by atoms with van der Waals surface area (Å²) >= 11 is 0. The van der Waals surface area contributed by atoms with Gasteiger partial charge in [0.25, 0.3) is 0 Å². The molecule has 0 amide bonds. The summed E-state index contributed by atoms with van der Waals surface area (Å²) in [5, 5.41) is 3.92. The summed E-state index contributed by atoms with van der Waals surface area (Å²) in [5.41, 5.74) is 0.665. The van der Waals surface area contributed by atoms with Crippen molar-refractivity contribution in [3.63, 3.8) is 0 Å². The molecule has 0 heterocycles. The van der Waals surface area contributed by atoms with Crippen LogP contribution in [0.3, 0.4) is 0 Å². The Morgan fingerprint density at radius 3 is 2.47 bits per heavy atom. The van der Waals surface area contributed by atoms with E-state index in [1.54, 1.807) is 0 Å². The first-order valence-corrected chi connectivity index (χ1v) is 7.97. The van der Waals surface area contributed by atoms with Crippen LogP contribution in [0.1, 0.15) is 78.1 Å². The molecule has 2 aliphatic carbocycles. The summed E-state index contributed by atoms with van der Waals surface area (Å²) in [6.07, 6.45) is 14.4. The lowest BCUT2D eigenvalue weighted by molar-refractivity contribution is 0.249. The molecule has 0 aliphatic heterocycles. The van der Waals surface area contributed by atoms with Crippen LogP contribution < -0.4 is 5.32 Å². The van der Waals surface area contributed by atoms with Crippen molar-refractivity contribution in [3.05, 3.63) is 0 Å². The van der Waals surface area contributed by atoms with Crippen LogP contribution in [0.25, 0.3) is 0 Å². The van der Waals surface area contributed by atoms with Gasteiger partial charge in [-0.25, -0.2) is 0 Å². The molecule has 0 saturated heterocycles. The maximum Gasteiger partial charge on any atom is 0.00673 e. The van der Waals surface area contributed by atoms with Crippen LogP contribution in [0.2, 0.25) is 0 Å². The standard InChI is InChI=1S/C16H31N/c1-3-16(11-4-5-12-16)13-17-15-8-6-7-14(2)9-10-15/h14-15,17H,3-13H2,1-2H3. The van der Waals surface area contributed by atoms with Crippen molar-refractivity contribution in [1.82, 2.24) is 5.32 Å². The average Bonchev–Trinajstić information content (AvgIpc) is 2.72. The summed E-state index contributed by atoms with van der Waals surface area (Å²) in [7, 11) is 0. The van der Waals surface area contributed by atoms with E-state index in [1.165, 1.54) is 70.8 Å². The van der Waals surface area contributed by atoms with Crippen LogP contribution >= 0.6 is 0 Å². The highest BCUT2D eigenvalue weighted by atomic mass is 14.9. The Morgan fingerprint density at radius 2 is 1.76 bits per heavy atom. The first-order chi connectivity index (χ1) is 8.24. The third-order valence-corrected chi connectivity index (χ3v) is 5.44. The lowest BCUT2D eigenvalue weighted by atomic mass is 9.83. The maximum absolute atomic E-state index is 3.92. The maximum atomic E-state index is 3.92. The van der Waals surface area contributed by atoms with Gasteiger partial charge in [0.2, 0.25) is 0 Å². The Kier molecular flexibility index (Phi) is 4.90. The summed E-state index contributed by atoms with van der Waals surface area (Å²) < 4.78 is 0. The molecule has 100 valence electrons. The van der Waals surface area contributed by atoms with Crippen molar-refractivity contribution in [1.29, 1.82) is 0 Å². The quantitative estimate of drug-likeness (QED) is 0.709. The van der Waals surface area contributed by atoms with E-state index in [-0.39, 0.29) is 0 Å². The molecular formula is C16H31N. The highest BCUT2D eigenvalue weighted by Gasteiger charge is 2.32. The smallest absolute Gasteiger partial charge is 0.00673 e. The van der Waals surface area contributed by atoms with Crippen LogP contribution in [0, 0.1) is 11.3 Å². The van der Waals surface area contributed by atoms with Gasteiger partial charge in [-0.2, -0.15) is 0 Å². The van der Waals surface area contributed by atoms with Gasteiger partial charge in [0.1, 0.15) is 0 Å². The van der Waals surface area contributed by atoms with Gasteiger partial charge in [-0.05, 0) is 49.9 Å². The third-order valence-electron chi connectivity index (χ3n) is 5.44. The Hall–Kier alpha value is -0.0400. The lowest BCUT2D eigenvalue weighted by Crippen LogP contribution is -2.38. The van der Waals surface area contributed by atoms with Crippen molar-refractivity contribution >= 4 is 0 Å². The van der Waals surface area contributed by atoms with E-state index in [0.29, 0.717) is 5.41 Å². The zero-order valence-corrected chi connectivity index (χ0v) is 11.9. The van der Waals surface area contributed by atoms with Gasteiger partial charge >= 0.3 is 0 Å². The molecule has 0 spiro atoms. The van der Waals surface area contributed by atoms with E-state index in [1.807, 2.05) is 0 Å². The van der Waals surface area contributed by atoms with Crippen LogP contribution in [-0.4, -0.2) is 12.6 Å². The minimum atomic E-state index is 0.665. The molecule has 2 unspecified atom stereocenters. The molecule has 0 aromatic carbocycles. The highest BCUT2D eigenvalue weighted by Crippen LogP contribution is 2.40. The van der Waals surface area contributed by atoms with E-state index < -0.39 is 0 Å². The van der Waals surface area contributed by atoms with Crippen molar-refractivity contribution in [2.45, 2.75) is 84.1 Å². The fourth-order valence-electron chi connectivity index (χ4n) is 3.83. The summed E-state index contributed by atoms with van der Waals surface area (Å²) in [5.74, 6) is 0.966. The van der Waals surface area contributed by atoms with Gasteiger partial charge in [0, 0.05) is 12.6 Å². The second-order valence-corrected chi connectivity index (χ2v) is 6.75. The number of hydrogen-bond acceptors (Lipinski definition) is 1. The normalized spacial score (nSPS) is 33.5. The largest absolute Gasteiger partial charge is 0.313 e. The molecule has 2 aliphatic rings. The van der Waals surface area contributed by atoms with Crippen LogP contribution in [-0.2, 0) is 0 Å². The molecular weight excluding hydrogens is 206 g/mol. The Bertz CT molecular complexity index is 218. The Morgan fingerprint density at radius 1 is 1.00 bits per heavy atom. The van der Waals surface area contributed by atoms with E-state index in [2.05, 4.69) is 19.2 Å². The average molecular weight is 237 g/mol. The minimum absolute atomic E-state index is 0.665. The third kappa shape index (κ3) is 3.71. The van der Waals surface area contributed by atoms with Crippen molar-refractivity contribution in [3.8, 4) is 0 Å². The first kappa shape index (κ1) is 13.4. The van der Waals surface area contributed by atoms with Gasteiger partial charge in [-0.15, -0.1) is 0 Å². The predicted octanol–water partition coefficient (Wildman–Crippen LogP) is 4.52. The molecule has 1 N–H and O–H groups in total. The van der Waals surface area contributed by atoms with Gasteiger partial charge in [-0.3, -0.25) is 0 Å². The van der Waals surface area contributed by atoms with Crippen LogP contribution in [0.15, 0.2) is 0 Å². The monoisotopic (exact) mass is 237 g/mol. The second-order valence-electron chi connectivity index (χ2n) is 6.75. The Labute approximate surface area is 108 Å². The highest BCUT2D eigenvalue weighted by molar-refractivity contribution is 4.87. The number of nitrogens with one attached hydrogen (secondary N) is 1. The summed E-state index contributed by atoms with van der Waals surface area (Å²) in [6.45, 7) is 6.11. The summed E-state index contributed by atoms with van der Waals surface area (Å²) in [4.78, 5) is 0. The second kappa shape index (κ2) is 6.22. The van der Waals surface area contributed by atoms with Gasteiger partial charge in [0.05, 0.1) is 0 Å². The zero-order chi connectivity index (χ0) is 12.1. The number of hydrogen-bond donors (Lipinski definition) is 1. The molecule has 17 heavy (non-hydrogen) atoms. The lowest BCUT2D eigenvalue weighted by Gasteiger charge is -2.30. The van der Waals surface area contributed by atoms with E-state index in [4.69, 9.17) is 0 Å². The van der Waals surface area contributed by atoms with Gasteiger partial charge in [0.15, 0.2) is 0 Å². The first-order valence-electron chi connectivity index (χ1n) is 7.97. The molecule has 0 aromatic heterocycles. The van der Waals surface area contributed by atoms with E-state index in [0.717, 1.165) is 12.0 Å². The van der Waals surface area contributed by atoms with Gasteiger partial charge < -0.3 is 5.32 Å². The molecule has 2 saturated carbocycles. The van der Waals surface area contributed by atoms with E-state index in [9.17, 15) is 0 Å². The van der Waals surface area contributed by atoms with E-state index >= 15 is 0 Å². The molecule has 1 nitrogen and oxygen atoms in total. The molecule has 0 bridgehead atoms. The van der Waals surface area contributed by atoms with Crippen LogP contribution in [0.4, 0.5) is 0 Å². The van der Waals surface area contributed by atoms with Crippen molar-refractivity contribution in [2.24, 2.45) is 11.3 Å². The zero-order valence-electron chi connectivity index (χ0n) is 11.9. The van der Waals surface area contributed by atoms with Crippen molar-refractivity contribution < 1.29 is 0 Å². The minimum Gasteiger partial charge on any atom is -0.313 e. The molecule has 2 atom stereocenters. The van der Waals surface area contributed by atoms with Crippen molar-refractivity contribution in [2.75, 3.05) is 6.54 Å². The fraction of sp³-hybridized carbons (Fsp3) is 1.00. The van der Waals surface area contributed by atoms with Crippen LogP contribution in [0.5, 0.6) is 0 Å². The molecule has 0 aromatic rings. The molecule has 2 fully saturated rings. The fourth-order valence-corrected chi connectivity index (χ4v) is 3.83. The Balaban J connectivity index is 1.76. The molecule has 1 heteroatoms. The topological polar surface area (TPSA) is 12.0 Å².